The molecule has 0 fully saturated rings. The molecule has 3 heteroatoms. The van der Waals surface area contributed by atoms with Crippen molar-refractivity contribution in [2.75, 3.05) is 13.4 Å². The molecule has 11 heavy (non-hydrogen) atoms. The van der Waals surface area contributed by atoms with Crippen LogP contribution in [0.4, 0.5) is 4.53 Å². The summed E-state index contributed by atoms with van der Waals surface area (Å²) in [5.41, 5.74) is 0. The molecule has 0 aromatic rings. The van der Waals surface area contributed by atoms with Crippen LogP contribution in [0, 0.1) is 0 Å². The van der Waals surface area contributed by atoms with E-state index in [0.717, 1.165) is 6.42 Å². The molecule has 0 unspecified atom stereocenters. The molecule has 0 amide bonds. The minimum Gasteiger partial charge on any atom is -0.352 e. The fourth-order valence-electron chi connectivity index (χ4n) is 0.898. The van der Waals surface area contributed by atoms with E-state index in [1.54, 1.807) is 0 Å². The fourth-order valence-corrected chi connectivity index (χ4v) is 0.898. The smallest absolute Gasteiger partial charge is 0.186 e. The summed E-state index contributed by atoms with van der Waals surface area (Å²) < 4.78 is 15.8. The fraction of sp³-hybridized carbons (Fsp3) is 1.00. The monoisotopic (exact) mass is 164 g/mol. The predicted octanol–water partition coefficient (Wildman–Crippen LogP) is 2.83. The molecule has 0 saturated heterocycles. The third-order valence-corrected chi connectivity index (χ3v) is 1.52. The first-order valence-electron chi connectivity index (χ1n) is 4.23. The van der Waals surface area contributed by atoms with E-state index in [1.807, 2.05) is 0 Å². The molecule has 0 heterocycles. The Bertz CT molecular complexity index is 61.1. The Morgan fingerprint density at radius 3 is 2.45 bits per heavy atom. The highest BCUT2D eigenvalue weighted by atomic mass is 19.3. The maximum Gasteiger partial charge on any atom is 0.186 e. The largest absolute Gasteiger partial charge is 0.352 e. The average molecular weight is 164 g/mol. The summed E-state index contributed by atoms with van der Waals surface area (Å²) in [6, 6.07) is 0. The van der Waals surface area contributed by atoms with Crippen LogP contribution in [0.25, 0.3) is 0 Å². The van der Waals surface area contributed by atoms with Gasteiger partial charge in [0.2, 0.25) is 0 Å². The number of hydrogen-bond donors (Lipinski definition) is 0. The van der Waals surface area contributed by atoms with E-state index in [2.05, 4.69) is 11.9 Å². The topological polar surface area (TPSA) is 18.5 Å². The Morgan fingerprint density at radius 2 is 1.82 bits per heavy atom. The zero-order valence-electron chi connectivity index (χ0n) is 7.14. The zero-order chi connectivity index (χ0) is 8.36. The molecular weight excluding hydrogens is 147 g/mol. The summed E-state index contributed by atoms with van der Waals surface area (Å²) >= 11 is 0. The molecule has 0 rings (SSSR count). The van der Waals surface area contributed by atoms with Gasteiger partial charge in [0, 0.05) is 6.61 Å². The summed E-state index contributed by atoms with van der Waals surface area (Å²) in [5, 5.41) is 0. The SMILES string of the molecule is CCCCCCCOCOF. The number of ether oxygens (including phenoxy) is 1. The van der Waals surface area contributed by atoms with Crippen LogP contribution in [-0.4, -0.2) is 13.4 Å². The first-order chi connectivity index (χ1) is 5.41. The van der Waals surface area contributed by atoms with Gasteiger partial charge in [-0.2, -0.15) is 4.94 Å². The Balaban J connectivity index is 2.69. The Kier molecular flexibility index (Phi) is 9.72. The number of rotatable bonds is 8. The molecule has 0 radical (unpaired) electrons. The number of hydrogen-bond acceptors (Lipinski definition) is 2. The van der Waals surface area contributed by atoms with Crippen LogP contribution in [0.1, 0.15) is 39.0 Å². The molecule has 0 aromatic heterocycles. The highest BCUT2D eigenvalue weighted by molar-refractivity contribution is 4.40. The van der Waals surface area contributed by atoms with Crippen LogP contribution in [-0.2, 0) is 9.68 Å². The van der Waals surface area contributed by atoms with Crippen molar-refractivity contribution in [2.45, 2.75) is 39.0 Å². The summed E-state index contributed by atoms with van der Waals surface area (Å²) in [7, 11) is 0. The van der Waals surface area contributed by atoms with E-state index < -0.39 is 0 Å². The van der Waals surface area contributed by atoms with Crippen LogP contribution in [0.3, 0.4) is 0 Å². The minimum atomic E-state index is -0.228. The van der Waals surface area contributed by atoms with E-state index >= 15 is 0 Å². The maximum atomic E-state index is 11.0. The van der Waals surface area contributed by atoms with Crippen LogP contribution < -0.4 is 0 Å². The highest BCUT2D eigenvalue weighted by Crippen LogP contribution is 2.02. The Morgan fingerprint density at radius 1 is 1.09 bits per heavy atom. The van der Waals surface area contributed by atoms with Gasteiger partial charge in [-0.3, -0.25) is 0 Å². The highest BCUT2D eigenvalue weighted by Gasteiger charge is 1.89. The van der Waals surface area contributed by atoms with E-state index in [9.17, 15) is 4.53 Å². The second-order valence-corrected chi connectivity index (χ2v) is 2.55. The third-order valence-electron chi connectivity index (χ3n) is 1.52. The molecule has 0 atom stereocenters. The first kappa shape index (κ1) is 10.8. The Hall–Kier alpha value is -0.150. The van der Waals surface area contributed by atoms with E-state index in [-0.39, 0.29) is 6.79 Å². The van der Waals surface area contributed by atoms with Gasteiger partial charge < -0.3 is 4.74 Å². The van der Waals surface area contributed by atoms with Gasteiger partial charge in [0.1, 0.15) is 0 Å². The molecule has 0 bridgehead atoms. The predicted molar refractivity (Wildman–Crippen MR) is 41.8 cm³/mol. The van der Waals surface area contributed by atoms with Gasteiger partial charge >= 0.3 is 0 Å². The molecule has 0 aliphatic carbocycles. The van der Waals surface area contributed by atoms with Crippen LogP contribution >= 0.6 is 0 Å². The molecule has 0 aliphatic heterocycles. The van der Waals surface area contributed by atoms with Gasteiger partial charge in [0.05, 0.1) is 0 Å². The third kappa shape index (κ3) is 9.85. The van der Waals surface area contributed by atoms with Crippen molar-refractivity contribution < 1.29 is 14.2 Å². The van der Waals surface area contributed by atoms with Crippen molar-refractivity contribution in [3.63, 3.8) is 0 Å². The summed E-state index contributed by atoms with van der Waals surface area (Å²) in [6.07, 6.45) is 5.94. The van der Waals surface area contributed by atoms with E-state index in [1.165, 1.54) is 25.7 Å². The van der Waals surface area contributed by atoms with Crippen molar-refractivity contribution in [3.05, 3.63) is 0 Å². The normalized spacial score (nSPS) is 10.4. The number of halogens is 1. The molecule has 0 aromatic carbocycles. The van der Waals surface area contributed by atoms with Gasteiger partial charge in [-0.1, -0.05) is 32.6 Å². The van der Waals surface area contributed by atoms with Crippen molar-refractivity contribution in [1.29, 1.82) is 0 Å². The lowest BCUT2D eigenvalue weighted by atomic mass is 10.2. The van der Waals surface area contributed by atoms with Gasteiger partial charge in [-0.25, -0.2) is 0 Å². The average Bonchev–Trinajstić information content (AvgIpc) is 2.03. The molecular formula is C8H17FO2. The first-order valence-corrected chi connectivity index (χ1v) is 4.23. The second kappa shape index (κ2) is 9.85. The lowest BCUT2D eigenvalue weighted by Gasteiger charge is -1.99. The Labute approximate surface area is 67.6 Å². The molecule has 0 aliphatic rings. The second-order valence-electron chi connectivity index (χ2n) is 2.55. The van der Waals surface area contributed by atoms with Gasteiger partial charge in [-0.05, 0) is 10.9 Å². The van der Waals surface area contributed by atoms with Crippen molar-refractivity contribution in [2.24, 2.45) is 0 Å². The summed E-state index contributed by atoms with van der Waals surface area (Å²) in [6.45, 7) is 2.55. The molecule has 0 spiro atoms. The zero-order valence-corrected chi connectivity index (χ0v) is 7.14. The van der Waals surface area contributed by atoms with E-state index in [0.29, 0.717) is 6.61 Å². The van der Waals surface area contributed by atoms with Crippen molar-refractivity contribution in [3.8, 4) is 0 Å². The van der Waals surface area contributed by atoms with Gasteiger partial charge in [-0.15, -0.1) is 0 Å². The minimum absolute atomic E-state index is 0.228. The number of unbranched alkanes of at least 4 members (excludes halogenated alkanes) is 4. The lowest BCUT2D eigenvalue weighted by molar-refractivity contribution is -0.211. The van der Waals surface area contributed by atoms with Crippen molar-refractivity contribution >= 4 is 0 Å². The molecule has 0 saturated carbocycles. The summed E-state index contributed by atoms with van der Waals surface area (Å²) in [4.78, 5) is 3.25. The molecule has 68 valence electrons. The van der Waals surface area contributed by atoms with E-state index in [4.69, 9.17) is 4.74 Å². The standard InChI is InChI=1S/C8H17FO2/c1-2-3-4-5-6-7-10-8-11-9/h2-8H2,1H3. The van der Waals surface area contributed by atoms with Gasteiger partial charge in [0.15, 0.2) is 6.79 Å². The summed E-state index contributed by atoms with van der Waals surface area (Å²) in [5.74, 6) is 0. The molecule has 2 nitrogen and oxygen atoms in total. The van der Waals surface area contributed by atoms with Crippen LogP contribution in [0.15, 0.2) is 0 Å². The van der Waals surface area contributed by atoms with Crippen LogP contribution in [0.2, 0.25) is 0 Å². The lowest BCUT2D eigenvalue weighted by Crippen LogP contribution is -1.96. The quantitative estimate of drug-likeness (QED) is 0.405. The maximum absolute atomic E-state index is 11.0. The van der Waals surface area contributed by atoms with Crippen LogP contribution in [0.5, 0.6) is 0 Å². The molecule has 0 N–H and O–H groups in total. The van der Waals surface area contributed by atoms with Crippen molar-refractivity contribution in [1.82, 2.24) is 0 Å². The van der Waals surface area contributed by atoms with Gasteiger partial charge in [0.25, 0.3) is 0 Å².